The van der Waals surface area contributed by atoms with Gasteiger partial charge in [0.25, 0.3) is 5.91 Å². The monoisotopic (exact) mass is 462 g/mol. The highest BCUT2D eigenvalue weighted by Gasteiger charge is 2.19. The number of nitrogens with one attached hydrogen (secondary N) is 2. The molecule has 11 heteroatoms. The number of hydrogen-bond acceptors (Lipinski definition) is 6. The topological polar surface area (TPSA) is 104 Å². The van der Waals surface area contributed by atoms with Gasteiger partial charge in [-0.05, 0) is 37.3 Å². The fourth-order valence-electron chi connectivity index (χ4n) is 3.17. The molecule has 33 heavy (non-hydrogen) atoms. The van der Waals surface area contributed by atoms with Crippen LogP contribution < -0.4 is 20.1 Å². The molecule has 0 saturated carbocycles. The summed E-state index contributed by atoms with van der Waals surface area (Å²) in [5, 5.41) is 5.02. The lowest BCUT2D eigenvalue weighted by Crippen LogP contribution is -2.33. The number of rotatable bonds is 10. The van der Waals surface area contributed by atoms with Gasteiger partial charge in [0.2, 0.25) is 11.9 Å². The van der Waals surface area contributed by atoms with E-state index in [1.165, 1.54) is 30.9 Å². The Kier molecular flexibility index (Phi) is 7.78. The molecule has 0 aliphatic rings. The number of anilines is 1. The molecule has 0 unspecified atom stereocenters. The van der Waals surface area contributed by atoms with Crippen molar-refractivity contribution in [1.82, 2.24) is 14.9 Å². The zero-order chi connectivity index (χ0) is 24.0. The molecule has 0 radical (unpaired) electrons. The molecule has 1 aromatic heterocycles. The van der Waals surface area contributed by atoms with E-state index in [9.17, 15) is 18.4 Å². The van der Waals surface area contributed by atoms with E-state index >= 15 is 0 Å². The molecule has 0 bridgehead atoms. The van der Waals surface area contributed by atoms with Crippen LogP contribution in [0.5, 0.6) is 11.5 Å². The first-order valence-corrected chi connectivity index (χ1v) is 10.1. The molecule has 1 heterocycles. The predicted octanol–water partition coefficient (Wildman–Crippen LogP) is 2.74. The maximum Gasteiger partial charge on any atom is 0.251 e. The molecule has 176 valence electrons. The van der Waals surface area contributed by atoms with Gasteiger partial charge in [-0.15, -0.1) is 0 Å². The van der Waals surface area contributed by atoms with E-state index in [0.717, 1.165) is 6.07 Å². The highest BCUT2D eigenvalue weighted by molar-refractivity contribution is 5.99. The molecular formula is C22H24F2N4O5. The first kappa shape index (κ1) is 23.9. The van der Waals surface area contributed by atoms with Crippen LogP contribution in [0.1, 0.15) is 17.3 Å². The summed E-state index contributed by atoms with van der Waals surface area (Å²) >= 11 is 0. The summed E-state index contributed by atoms with van der Waals surface area (Å²) in [6.45, 7) is 2.20. The molecule has 0 fully saturated rings. The molecular weight excluding hydrogens is 438 g/mol. The highest BCUT2D eigenvalue weighted by Crippen LogP contribution is 2.28. The van der Waals surface area contributed by atoms with E-state index < -0.39 is 23.4 Å². The summed E-state index contributed by atoms with van der Waals surface area (Å²) in [6, 6.07) is 6.92. The van der Waals surface area contributed by atoms with Gasteiger partial charge in [0, 0.05) is 19.2 Å². The average molecular weight is 462 g/mol. The van der Waals surface area contributed by atoms with Crippen LogP contribution in [0.25, 0.3) is 11.0 Å². The van der Waals surface area contributed by atoms with E-state index in [2.05, 4.69) is 15.6 Å². The summed E-state index contributed by atoms with van der Waals surface area (Å²) in [6.07, 6.45) is 0. The number of nitrogens with zero attached hydrogens (tertiary/aromatic N) is 2. The van der Waals surface area contributed by atoms with Crippen molar-refractivity contribution in [2.75, 3.05) is 39.3 Å². The van der Waals surface area contributed by atoms with Crippen molar-refractivity contribution in [3.8, 4) is 11.5 Å². The standard InChI is InChI=1S/C22H24F2N4O5/c1-4-33-16-8-5-13(11-17(16)32-3)21(30)25-12-18(29)27-22-26-15-7-6-14(23)19(24)20(15)28(22)9-10-31-2/h5-8,11H,4,9-10,12H2,1-3H3,(H,25,30)(H,26,27,29). The van der Waals surface area contributed by atoms with E-state index in [4.69, 9.17) is 14.2 Å². The second-order valence-electron chi connectivity index (χ2n) is 6.84. The number of methoxy groups -OCH3 is 2. The first-order valence-electron chi connectivity index (χ1n) is 10.1. The lowest BCUT2D eigenvalue weighted by Gasteiger charge is -2.12. The maximum atomic E-state index is 14.4. The molecule has 0 spiro atoms. The third kappa shape index (κ3) is 5.37. The molecule has 2 aromatic carbocycles. The van der Waals surface area contributed by atoms with Crippen LogP contribution in [-0.2, 0) is 16.1 Å². The highest BCUT2D eigenvalue weighted by atomic mass is 19.2. The Labute approximate surface area is 188 Å². The van der Waals surface area contributed by atoms with Crippen LogP contribution >= 0.6 is 0 Å². The molecule has 2 amide bonds. The Morgan fingerprint density at radius 2 is 1.91 bits per heavy atom. The predicted molar refractivity (Wildman–Crippen MR) is 117 cm³/mol. The fourth-order valence-corrected chi connectivity index (χ4v) is 3.17. The molecule has 2 N–H and O–H groups in total. The Morgan fingerprint density at radius 3 is 2.61 bits per heavy atom. The Bertz CT molecular complexity index is 1170. The second kappa shape index (κ2) is 10.7. The van der Waals surface area contributed by atoms with Crippen molar-refractivity contribution in [2.45, 2.75) is 13.5 Å². The molecule has 9 nitrogen and oxygen atoms in total. The van der Waals surface area contributed by atoms with Crippen LogP contribution in [-0.4, -0.2) is 55.3 Å². The number of hydrogen-bond donors (Lipinski definition) is 2. The summed E-state index contributed by atoms with van der Waals surface area (Å²) < 4.78 is 45.0. The molecule has 0 atom stereocenters. The molecule has 3 aromatic rings. The van der Waals surface area contributed by atoms with E-state index in [1.54, 1.807) is 12.1 Å². The molecule has 0 saturated heterocycles. The van der Waals surface area contributed by atoms with Crippen molar-refractivity contribution in [2.24, 2.45) is 0 Å². The molecule has 0 aliphatic heterocycles. The second-order valence-corrected chi connectivity index (χ2v) is 6.84. The number of aromatic nitrogens is 2. The largest absolute Gasteiger partial charge is 0.493 e. The minimum Gasteiger partial charge on any atom is -0.493 e. The normalized spacial score (nSPS) is 10.8. The third-order valence-corrected chi connectivity index (χ3v) is 4.71. The SMILES string of the molecule is CCOc1ccc(C(=O)NCC(=O)Nc2nc3ccc(F)c(F)c3n2CCOC)cc1OC. The van der Waals surface area contributed by atoms with Crippen molar-refractivity contribution < 1.29 is 32.6 Å². The smallest absolute Gasteiger partial charge is 0.251 e. The molecule has 0 aliphatic carbocycles. The van der Waals surface area contributed by atoms with Crippen LogP contribution in [0.2, 0.25) is 0 Å². The van der Waals surface area contributed by atoms with Gasteiger partial charge in [0.1, 0.15) is 5.52 Å². The Balaban J connectivity index is 1.72. The van der Waals surface area contributed by atoms with Gasteiger partial charge in [-0.25, -0.2) is 13.8 Å². The van der Waals surface area contributed by atoms with Crippen molar-refractivity contribution in [1.29, 1.82) is 0 Å². The summed E-state index contributed by atoms with van der Waals surface area (Å²) in [5.41, 5.74) is 0.353. The van der Waals surface area contributed by atoms with Gasteiger partial charge in [-0.2, -0.15) is 0 Å². The Morgan fingerprint density at radius 1 is 1.12 bits per heavy atom. The lowest BCUT2D eigenvalue weighted by atomic mass is 10.2. The number of ether oxygens (including phenoxy) is 3. The van der Waals surface area contributed by atoms with Crippen molar-refractivity contribution in [3.05, 3.63) is 47.5 Å². The average Bonchev–Trinajstić information content (AvgIpc) is 3.16. The fraction of sp³-hybridized carbons (Fsp3) is 0.318. The third-order valence-electron chi connectivity index (χ3n) is 4.71. The maximum absolute atomic E-state index is 14.4. The van der Waals surface area contributed by atoms with E-state index in [1.807, 2.05) is 6.92 Å². The van der Waals surface area contributed by atoms with Gasteiger partial charge < -0.3 is 24.1 Å². The number of benzene rings is 2. The van der Waals surface area contributed by atoms with Crippen molar-refractivity contribution in [3.63, 3.8) is 0 Å². The Hall–Kier alpha value is -3.73. The van der Waals surface area contributed by atoms with Gasteiger partial charge in [0.05, 0.1) is 32.4 Å². The molecule has 3 rings (SSSR count). The van der Waals surface area contributed by atoms with E-state index in [0.29, 0.717) is 18.1 Å². The van der Waals surface area contributed by atoms with Crippen LogP contribution in [0.3, 0.4) is 0 Å². The minimum absolute atomic E-state index is 0.00790. The van der Waals surface area contributed by atoms with Gasteiger partial charge >= 0.3 is 0 Å². The quantitative estimate of drug-likeness (QED) is 0.480. The van der Waals surface area contributed by atoms with Crippen LogP contribution in [0, 0.1) is 11.6 Å². The number of halogens is 2. The zero-order valence-electron chi connectivity index (χ0n) is 18.4. The van der Waals surface area contributed by atoms with E-state index in [-0.39, 0.29) is 42.2 Å². The van der Waals surface area contributed by atoms with Crippen LogP contribution in [0.4, 0.5) is 14.7 Å². The summed E-state index contributed by atoms with van der Waals surface area (Å²) in [5.74, 6) is -2.33. The summed E-state index contributed by atoms with van der Waals surface area (Å²) in [4.78, 5) is 29.1. The van der Waals surface area contributed by atoms with Gasteiger partial charge in [-0.3, -0.25) is 14.9 Å². The lowest BCUT2D eigenvalue weighted by molar-refractivity contribution is -0.115. The number of fused-ring (bicyclic) bond motifs is 1. The van der Waals surface area contributed by atoms with Gasteiger partial charge in [0.15, 0.2) is 23.1 Å². The number of imidazole rings is 1. The summed E-state index contributed by atoms with van der Waals surface area (Å²) in [7, 11) is 2.91. The first-order chi connectivity index (χ1) is 15.9. The number of carbonyl (C=O) groups is 2. The zero-order valence-corrected chi connectivity index (χ0v) is 18.4. The number of amides is 2. The van der Waals surface area contributed by atoms with Crippen molar-refractivity contribution >= 4 is 28.8 Å². The van der Waals surface area contributed by atoms with Crippen LogP contribution in [0.15, 0.2) is 30.3 Å². The van der Waals surface area contributed by atoms with Gasteiger partial charge in [-0.1, -0.05) is 0 Å². The number of carbonyl (C=O) groups excluding carboxylic acids is 2. The minimum atomic E-state index is -1.07.